The standard InChI is InChI=1S/C15H23NO3/c1-10-12(18-2)6-5-11(13(10)19-3)14(16)15(9-17)7-4-8-15/h5-6,14,17H,4,7-9,16H2,1-3H3. The van der Waals surface area contributed by atoms with Gasteiger partial charge in [-0.2, -0.15) is 0 Å². The lowest BCUT2D eigenvalue weighted by Gasteiger charge is -2.45. The molecule has 4 nitrogen and oxygen atoms in total. The van der Waals surface area contributed by atoms with Crippen LogP contribution in [0.5, 0.6) is 11.5 Å². The van der Waals surface area contributed by atoms with E-state index in [2.05, 4.69) is 0 Å². The maximum atomic E-state index is 9.66. The zero-order chi connectivity index (χ0) is 14.0. The van der Waals surface area contributed by atoms with Crippen molar-refractivity contribution in [1.82, 2.24) is 0 Å². The summed E-state index contributed by atoms with van der Waals surface area (Å²) in [5, 5.41) is 9.66. The van der Waals surface area contributed by atoms with Crippen molar-refractivity contribution < 1.29 is 14.6 Å². The van der Waals surface area contributed by atoms with Gasteiger partial charge in [-0.05, 0) is 25.8 Å². The van der Waals surface area contributed by atoms with Crippen LogP contribution < -0.4 is 15.2 Å². The van der Waals surface area contributed by atoms with Crippen molar-refractivity contribution in [3.05, 3.63) is 23.3 Å². The van der Waals surface area contributed by atoms with Gasteiger partial charge in [0.25, 0.3) is 0 Å². The first-order valence-electron chi connectivity index (χ1n) is 6.67. The molecule has 0 spiro atoms. The zero-order valence-corrected chi connectivity index (χ0v) is 11.9. The van der Waals surface area contributed by atoms with E-state index in [1.165, 1.54) is 0 Å². The summed E-state index contributed by atoms with van der Waals surface area (Å²) in [7, 11) is 3.28. The summed E-state index contributed by atoms with van der Waals surface area (Å²) >= 11 is 0. The zero-order valence-electron chi connectivity index (χ0n) is 11.9. The molecule has 0 radical (unpaired) electrons. The third-order valence-corrected chi connectivity index (χ3v) is 4.47. The van der Waals surface area contributed by atoms with Crippen molar-refractivity contribution in [1.29, 1.82) is 0 Å². The number of aliphatic hydroxyl groups is 1. The van der Waals surface area contributed by atoms with Gasteiger partial charge in [0.15, 0.2) is 0 Å². The Balaban J connectivity index is 2.42. The molecule has 4 heteroatoms. The van der Waals surface area contributed by atoms with Crippen LogP contribution >= 0.6 is 0 Å². The molecule has 0 aromatic heterocycles. The third kappa shape index (κ3) is 2.19. The average molecular weight is 265 g/mol. The van der Waals surface area contributed by atoms with E-state index in [0.29, 0.717) is 0 Å². The summed E-state index contributed by atoms with van der Waals surface area (Å²) < 4.78 is 10.8. The molecule has 1 aromatic carbocycles. The highest BCUT2D eigenvalue weighted by molar-refractivity contribution is 5.51. The molecule has 1 saturated carbocycles. The molecule has 0 heterocycles. The van der Waals surface area contributed by atoms with E-state index in [-0.39, 0.29) is 18.1 Å². The summed E-state index contributed by atoms with van der Waals surface area (Å²) in [5.41, 5.74) is 8.12. The molecule has 0 saturated heterocycles. The number of benzene rings is 1. The predicted molar refractivity (Wildman–Crippen MR) is 74.6 cm³/mol. The second-order valence-electron chi connectivity index (χ2n) is 5.37. The quantitative estimate of drug-likeness (QED) is 0.856. The van der Waals surface area contributed by atoms with E-state index in [0.717, 1.165) is 41.9 Å². The number of aliphatic hydroxyl groups excluding tert-OH is 1. The number of methoxy groups -OCH3 is 2. The van der Waals surface area contributed by atoms with Crippen molar-refractivity contribution in [2.45, 2.75) is 32.2 Å². The Labute approximate surface area is 114 Å². The van der Waals surface area contributed by atoms with Crippen LogP contribution in [0.15, 0.2) is 12.1 Å². The monoisotopic (exact) mass is 265 g/mol. The molecule has 0 amide bonds. The summed E-state index contributed by atoms with van der Waals surface area (Å²) in [4.78, 5) is 0. The second kappa shape index (κ2) is 5.39. The highest BCUT2D eigenvalue weighted by Gasteiger charge is 2.43. The molecule has 1 unspecified atom stereocenters. The number of hydrogen-bond acceptors (Lipinski definition) is 4. The van der Waals surface area contributed by atoms with Crippen LogP contribution in [0.1, 0.15) is 36.4 Å². The van der Waals surface area contributed by atoms with Gasteiger partial charge in [-0.1, -0.05) is 12.5 Å². The fourth-order valence-corrected chi connectivity index (χ4v) is 2.96. The van der Waals surface area contributed by atoms with Crippen LogP contribution in [0.25, 0.3) is 0 Å². The molecular weight excluding hydrogens is 242 g/mol. The minimum atomic E-state index is -0.203. The first kappa shape index (κ1) is 14.2. The molecule has 0 bridgehead atoms. The average Bonchev–Trinajstić information content (AvgIpc) is 2.37. The minimum absolute atomic E-state index is 0.127. The van der Waals surface area contributed by atoms with Crippen LogP contribution in [-0.4, -0.2) is 25.9 Å². The van der Waals surface area contributed by atoms with Crippen molar-refractivity contribution in [3.63, 3.8) is 0 Å². The third-order valence-electron chi connectivity index (χ3n) is 4.47. The first-order valence-corrected chi connectivity index (χ1v) is 6.67. The van der Waals surface area contributed by atoms with Crippen LogP contribution in [-0.2, 0) is 0 Å². The van der Waals surface area contributed by atoms with Gasteiger partial charge in [0.1, 0.15) is 11.5 Å². The topological polar surface area (TPSA) is 64.7 Å². The van der Waals surface area contributed by atoms with Gasteiger partial charge in [0.2, 0.25) is 0 Å². The maximum Gasteiger partial charge on any atom is 0.130 e. The van der Waals surface area contributed by atoms with Gasteiger partial charge in [0, 0.05) is 22.6 Å². The Bertz CT molecular complexity index is 449. The fourth-order valence-electron chi connectivity index (χ4n) is 2.96. The van der Waals surface area contributed by atoms with Crippen molar-refractivity contribution in [3.8, 4) is 11.5 Å². The van der Waals surface area contributed by atoms with E-state index in [1.807, 2.05) is 19.1 Å². The molecule has 106 valence electrons. The number of hydrogen-bond donors (Lipinski definition) is 2. The molecule has 0 aliphatic heterocycles. The van der Waals surface area contributed by atoms with Gasteiger partial charge < -0.3 is 20.3 Å². The Morgan fingerprint density at radius 2 is 2.00 bits per heavy atom. The number of rotatable bonds is 5. The van der Waals surface area contributed by atoms with E-state index >= 15 is 0 Å². The Morgan fingerprint density at radius 3 is 2.42 bits per heavy atom. The van der Waals surface area contributed by atoms with Crippen LogP contribution in [0, 0.1) is 12.3 Å². The molecule has 2 rings (SSSR count). The number of ether oxygens (including phenoxy) is 2. The highest BCUT2D eigenvalue weighted by Crippen LogP contribution is 2.51. The smallest absolute Gasteiger partial charge is 0.130 e. The minimum Gasteiger partial charge on any atom is -0.496 e. The molecule has 1 fully saturated rings. The lowest BCUT2D eigenvalue weighted by atomic mass is 9.63. The van der Waals surface area contributed by atoms with Crippen molar-refractivity contribution in [2.24, 2.45) is 11.1 Å². The van der Waals surface area contributed by atoms with E-state index in [4.69, 9.17) is 15.2 Å². The molecule has 19 heavy (non-hydrogen) atoms. The normalized spacial score (nSPS) is 18.6. The van der Waals surface area contributed by atoms with E-state index in [1.54, 1.807) is 14.2 Å². The fraction of sp³-hybridized carbons (Fsp3) is 0.600. The van der Waals surface area contributed by atoms with Gasteiger partial charge in [-0.3, -0.25) is 0 Å². The summed E-state index contributed by atoms with van der Waals surface area (Å²) in [6.45, 7) is 2.09. The van der Waals surface area contributed by atoms with Gasteiger partial charge in [-0.25, -0.2) is 0 Å². The van der Waals surface area contributed by atoms with Crippen LogP contribution in [0.3, 0.4) is 0 Å². The summed E-state index contributed by atoms with van der Waals surface area (Å²) in [6.07, 6.45) is 3.07. The van der Waals surface area contributed by atoms with Crippen molar-refractivity contribution in [2.75, 3.05) is 20.8 Å². The lowest BCUT2D eigenvalue weighted by molar-refractivity contribution is 0.0177. The lowest BCUT2D eigenvalue weighted by Crippen LogP contribution is -2.43. The maximum absolute atomic E-state index is 9.66. The van der Waals surface area contributed by atoms with Gasteiger partial charge >= 0.3 is 0 Å². The first-order chi connectivity index (χ1) is 9.09. The SMILES string of the molecule is COc1ccc(C(N)C2(CO)CCC2)c(OC)c1C. The summed E-state index contributed by atoms with van der Waals surface area (Å²) in [5.74, 6) is 1.56. The second-order valence-corrected chi connectivity index (χ2v) is 5.37. The molecule has 3 N–H and O–H groups in total. The molecule has 1 aliphatic rings. The molecule has 1 atom stereocenters. The van der Waals surface area contributed by atoms with Crippen LogP contribution in [0.2, 0.25) is 0 Å². The Hall–Kier alpha value is -1.26. The van der Waals surface area contributed by atoms with E-state index in [9.17, 15) is 5.11 Å². The van der Waals surface area contributed by atoms with Gasteiger partial charge in [0.05, 0.1) is 20.8 Å². The van der Waals surface area contributed by atoms with Crippen molar-refractivity contribution >= 4 is 0 Å². The predicted octanol–water partition coefficient (Wildman–Crippen LogP) is 2.17. The molecule has 1 aliphatic carbocycles. The van der Waals surface area contributed by atoms with Gasteiger partial charge in [-0.15, -0.1) is 0 Å². The Kier molecular flexibility index (Phi) is 4.02. The van der Waals surface area contributed by atoms with Crippen LogP contribution in [0.4, 0.5) is 0 Å². The van der Waals surface area contributed by atoms with E-state index < -0.39 is 0 Å². The summed E-state index contributed by atoms with van der Waals surface area (Å²) in [6, 6.07) is 3.66. The highest BCUT2D eigenvalue weighted by atomic mass is 16.5. The molecule has 1 aromatic rings. The molecular formula is C15H23NO3. The Morgan fingerprint density at radius 1 is 1.32 bits per heavy atom. The largest absolute Gasteiger partial charge is 0.496 e. The number of nitrogens with two attached hydrogens (primary N) is 1.